The number of hydrogen-bond acceptors (Lipinski definition) is 3. The summed E-state index contributed by atoms with van der Waals surface area (Å²) in [4.78, 5) is 8.76. The quantitative estimate of drug-likeness (QED) is 0.885. The molecule has 0 spiro atoms. The van der Waals surface area contributed by atoms with E-state index in [1.54, 1.807) is 6.33 Å². The molecule has 1 aromatic carbocycles. The van der Waals surface area contributed by atoms with E-state index >= 15 is 0 Å². The summed E-state index contributed by atoms with van der Waals surface area (Å²) < 4.78 is 0. The van der Waals surface area contributed by atoms with Crippen LogP contribution < -0.4 is 5.32 Å². The Kier molecular flexibility index (Phi) is 3.36. The van der Waals surface area contributed by atoms with Gasteiger partial charge in [-0.05, 0) is 30.4 Å². The maximum absolute atomic E-state index is 4.44. The number of fused-ring (bicyclic) bond motifs is 1. The fourth-order valence-electron chi connectivity index (χ4n) is 3.08. The lowest BCUT2D eigenvalue weighted by Crippen LogP contribution is -2.35. The predicted octanol–water partition coefficient (Wildman–Crippen LogP) is 3.87. The number of hydrogen-bond donors (Lipinski definition) is 1. The predicted molar refractivity (Wildman–Crippen MR) is 79.1 cm³/mol. The molecule has 1 fully saturated rings. The first-order valence-electron chi connectivity index (χ1n) is 7.22. The Hall–Kier alpha value is -1.64. The molecule has 3 nitrogen and oxygen atoms in total. The molecule has 0 bridgehead atoms. The summed E-state index contributed by atoms with van der Waals surface area (Å²) in [5.41, 5.74) is 1.01. The lowest BCUT2D eigenvalue weighted by Gasteiger charge is -2.35. The van der Waals surface area contributed by atoms with Gasteiger partial charge in [-0.1, -0.05) is 38.8 Å². The van der Waals surface area contributed by atoms with Crippen LogP contribution in [-0.2, 0) is 0 Å². The van der Waals surface area contributed by atoms with Crippen LogP contribution in [0.1, 0.15) is 33.1 Å². The van der Waals surface area contributed by atoms with Crippen molar-refractivity contribution < 1.29 is 0 Å². The maximum atomic E-state index is 4.44. The van der Waals surface area contributed by atoms with Crippen LogP contribution in [0, 0.1) is 11.8 Å². The minimum absolute atomic E-state index is 0.530. The first kappa shape index (κ1) is 12.4. The van der Waals surface area contributed by atoms with Gasteiger partial charge in [-0.3, -0.25) is 0 Å². The molecule has 0 radical (unpaired) electrons. The fraction of sp³-hybridized carbons (Fsp3) is 0.500. The molecule has 3 unspecified atom stereocenters. The summed E-state index contributed by atoms with van der Waals surface area (Å²) in [5.74, 6) is 2.47. The van der Waals surface area contributed by atoms with E-state index in [2.05, 4.69) is 35.2 Å². The number of nitrogens with zero attached hydrogens (tertiary/aromatic N) is 2. The summed E-state index contributed by atoms with van der Waals surface area (Å²) >= 11 is 0. The molecule has 19 heavy (non-hydrogen) atoms. The minimum Gasteiger partial charge on any atom is -0.366 e. The normalized spacial score (nSPS) is 27.4. The van der Waals surface area contributed by atoms with Crippen LogP contribution in [0.25, 0.3) is 10.9 Å². The van der Waals surface area contributed by atoms with Crippen molar-refractivity contribution in [1.82, 2.24) is 9.97 Å². The lowest BCUT2D eigenvalue weighted by molar-refractivity contribution is 0.253. The summed E-state index contributed by atoms with van der Waals surface area (Å²) in [6.45, 7) is 4.71. The highest BCUT2D eigenvalue weighted by Crippen LogP contribution is 2.32. The Morgan fingerprint density at radius 1 is 1.11 bits per heavy atom. The first-order chi connectivity index (χ1) is 9.25. The summed E-state index contributed by atoms with van der Waals surface area (Å²) in [7, 11) is 0. The van der Waals surface area contributed by atoms with Crippen molar-refractivity contribution >= 4 is 16.7 Å². The third-order valence-electron chi connectivity index (χ3n) is 4.57. The van der Waals surface area contributed by atoms with Gasteiger partial charge in [0.05, 0.1) is 5.52 Å². The van der Waals surface area contributed by atoms with Crippen LogP contribution in [0.3, 0.4) is 0 Å². The number of rotatable bonds is 2. The van der Waals surface area contributed by atoms with Crippen molar-refractivity contribution in [3.63, 3.8) is 0 Å². The number of benzene rings is 1. The standard InChI is InChI=1S/C16H21N3/c1-11-6-5-9-14(12(11)2)19-16-13-7-3-4-8-15(13)17-10-18-16/h3-4,7-8,10-12,14H,5-6,9H2,1-2H3,(H,17,18,19). The second-order valence-corrected chi connectivity index (χ2v) is 5.76. The van der Waals surface area contributed by atoms with E-state index in [4.69, 9.17) is 0 Å². The first-order valence-corrected chi connectivity index (χ1v) is 7.22. The molecular formula is C16H21N3. The zero-order chi connectivity index (χ0) is 13.2. The van der Waals surface area contributed by atoms with Crippen molar-refractivity contribution in [3.05, 3.63) is 30.6 Å². The Labute approximate surface area is 114 Å². The van der Waals surface area contributed by atoms with Crippen molar-refractivity contribution in [2.45, 2.75) is 39.2 Å². The molecule has 0 amide bonds. The maximum Gasteiger partial charge on any atom is 0.137 e. The number of aromatic nitrogens is 2. The molecule has 1 saturated carbocycles. The van der Waals surface area contributed by atoms with E-state index in [0.29, 0.717) is 12.0 Å². The average molecular weight is 255 g/mol. The van der Waals surface area contributed by atoms with Gasteiger partial charge in [-0.15, -0.1) is 0 Å². The number of anilines is 1. The molecule has 3 atom stereocenters. The van der Waals surface area contributed by atoms with E-state index in [1.807, 2.05) is 18.2 Å². The molecule has 3 heteroatoms. The van der Waals surface area contributed by atoms with Gasteiger partial charge in [0.15, 0.2) is 0 Å². The van der Waals surface area contributed by atoms with Gasteiger partial charge in [-0.25, -0.2) is 9.97 Å². The van der Waals surface area contributed by atoms with E-state index < -0.39 is 0 Å². The van der Waals surface area contributed by atoms with Gasteiger partial charge in [0.25, 0.3) is 0 Å². The summed E-state index contributed by atoms with van der Waals surface area (Å²) in [6.07, 6.45) is 5.56. The second kappa shape index (κ2) is 5.16. The van der Waals surface area contributed by atoms with Gasteiger partial charge in [0.1, 0.15) is 12.1 Å². The Morgan fingerprint density at radius 3 is 2.84 bits per heavy atom. The smallest absolute Gasteiger partial charge is 0.137 e. The van der Waals surface area contributed by atoms with Crippen LogP contribution in [0.4, 0.5) is 5.82 Å². The van der Waals surface area contributed by atoms with Crippen molar-refractivity contribution in [2.75, 3.05) is 5.32 Å². The number of nitrogens with one attached hydrogen (secondary N) is 1. The van der Waals surface area contributed by atoms with Gasteiger partial charge in [0.2, 0.25) is 0 Å². The van der Waals surface area contributed by atoms with Crippen molar-refractivity contribution in [1.29, 1.82) is 0 Å². The third kappa shape index (κ3) is 2.42. The fourth-order valence-corrected chi connectivity index (χ4v) is 3.08. The zero-order valence-electron chi connectivity index (χ0n) is 11.6. The largest absolute Gasteiger partial charge is 0.366 e. The van der Waals surface area contributed by atoms with Gasteiger partial charge < -0.3 is 5.32 Å². The third-order valence-corrected chi connectivity index (χ3v) is 4.57. The van der Waals surface area contributed by atoms with Crippen molar-refractivity contribution in [3.8, 4) is 0 Å². The molecule has 0 saturated heterocycles. The summed E-state index contributed by atoms with van der Waals surface area (Å²) in [6, 6.07) is 8.72. The van der Waals surface area contributed by atoms with Crippen LogP contribution in [0.5, 0.6) is 0 Å². The molecule has 2 aromatic rings. The van der Waals surface area contributed by atoms with Crippen LogP contribution in [0.15, 0.2) is 30.6 Å². The Bertz CT molecular complexity index is 561. The highest BCUT2D eigenvalue weighted by molar-refractivity contribution is 5.88. The van der Waals surface area contributed by atoms with Gasteiger partial charge >= 0.3 is 0 Å². The molecule has 100 valence electrons. The molecule has 1 heterocycles. The number of para-hydroxylation sites is 1. The van der Waals surface area contributed by atoms with Crippen LogP contribution in [-0.4, -0.2) is 16.0 Å². The molecule has 0 aliphatic heterocycles. The van der Waals surface area contributed by atoms with E-state index in [1.165, 1.54) is 19.3 Å². The SMILES string of the molecule is CC1CCCC(Nc2ncnc3ccccc23)C1C. The highest BCUT2D eigenvalue weighted by Gasteiger charge is 2.27. The summed E-state index contributed by atoms with van der Waals surface area (Å²) in [5, 5.41) is 4.77. The van der Waals surface area contributed by atoms with Gasteiger partial charge in [-0.2, -0.15) is 0 Å². The average Bonchev–Trinajstić information content (AvgIpc) is 2.44. The van der Waals surface area contributed by atoms with E-state index in [9.17, 15) is 0 Å². The molecule has 1 aliphatic carbocycles. The Morgan fingerprint density at radius 2 is 1.95 bits per heavy atom. The zero-order valence-corrected chi connectivity index (χ0v) is 11.6. The molecule has 1 N–H and O–H groups in total. The van der Waals surface area contributed by atoms with E-state index in [0.717, 1.165) is 22.6 Å². The van der Waals surface area contributed by atoms with Crippen molar-refractivity contribution in [2.24, 2.45) is 11.8 Å². The Balaban J connectivity index is 1.89. The van der Waals surface area contributed by atoms with E-state index in [-0.39, 0.29) is 0 Å². The molecule has 3 rings (SSSR count). The molecule has 1 aliphatic rings. The lowest BCUT2D eigenvalue weighted by atomic mass is 9.78. The van der Waals surface area contributed by atoms with Gasteiger partial charge in [0, 0.05) is 11.4 Å². The molecular weight excluding hydrogens is 234 g/mol. The highest BCUT2D eigenvalue weighted by atomic mass is 15.0. The van der Waals surface area contributed by atoms with Crippen LogP contribution >= 0.6 is 0 Å². The molecule has 1 aromatic heterocycles. The van der Waals surface area contributed by atoms with Crippen LogP contribution in [0.2, 0.25) is 0 Å². The second-order valence-electron chi connectivity index (χ2n) is 5.76. The minimum atomic E-state index is 0.530. The topological polar surface area (TPSA) is 37.8 Å². The monoisotopic (exact) mass is 255 g/mol.